The average Bonchev–Trinajstić information content (AvgIpc) is 2.96. The SMILES string of the molecule is CCN(CC)CCCNC(=O)Nc1cc(-c2ccccc2)n(C)n1. The van der Waals surface area contributed by atoms with E-state index in [1.807, 2.05) is 43.4 Å². The highest BCUT2D eigenvalue weighted by Crippen LogP contribution is 2.21. The van der Waals surface area contributed by atoms with E-state index in [0.29, 0.717) is 12.4 Å². The van der Waals surface area contributed by atoms with E-state index in [4.69, 9.17) is 0 Å². The number of anilines is 1. The number of hydrogen-bond acceptors (Lipinski definition) is 3. The first-order valence-corrected chi connectivity index (χ1v) is 8.50. The molecule has 6 nitrogen and oxygen atoms in total. The molecule has 1 heterocycles. The highest BCUT2D eigenvalue weighted by atomic mass is 16.2. The summed E-state index contributed by atoms with van der Waals surface area (Å²) in [6, 6.07) is 11.7. The van der Waals surface area contributed by atoms with Crippen LogP contribution in [-0.2, 0) is 7.05 Å². The number of aryl methyl sites for hydroxylation is 1. The number of benzene rings is 1. The third kappa shape index (κ3) is 5.09. The van der Waals surface area contributed by atoms with Crippen LogP contribution in [0.1, 0.15) is 20.3 Å². The Morgan fingerprint density at radius 2 is 1.92 bits per heavy atom. The van der Waals surface area contributed by atoms with Gasteiger partial charge in [-0.2, -0.15) is 5.10 Å². The van der Waals surface area contributed by atoms with E-state index in [0.717, 1.165) is 37.3 Å². The van der Waals surface area contributed by atoms with E-state index in [2.05, 4.69) is 34.5 Å². The number of nitrogens with one attached hydrogen (secondary N) is 2. The molecule has 0 radical (unpaired) electrons. The molecule has 2 N–H and O–H groups in total. The summed E-state index contributed by atoms with van der Waals surface area (Å²) in [5, 5.41) is 10.0. The van der Waals surface area contributed by atoms with Gasteiger partial charge in [0, 0.05) is 19.7 Å². The van der Waals surface area contributed by atoms with Gasteiger partial charge < -0.3 is 10.2 Å². The number of aromatic nitrogens is 2. The second-order valence-corrected chi connectivity index (χ2v) is 5.67. The highest BCUT2D eigenvalue weighted by molar-refractivity contribution is 5.88. The lowest BCUT2D eigenvalue weighted by molar-refractivity contribution is 0.250. The van der Waals surface area contributed by atoms with E-state index in [1.54, 1.807) is 4.68 Å². The van der Waals surface area contributed by atoms with Crippen LogP contribution in [0, 0.1) is 0 Å². The third-order valence-electron chi connectivity index (χ3n) is 4.02. The van der Waals surface area contributed by atoms with E-state index < -0.39 is 0 Å². The van der Waals surface area contributed by atoms with Crippen molar-refractivity contribution in [2.45, 2.75) is 20.3 Å². The molecule has 0 aliphatic heterocycles. The second kappa shape index (κ2) is 9.08. The summed E-state index contributed by atoms with van der Waals surface area (Å²) in [7, 11) is 1.87. The minimum absolute atomic E-state index is 0.216. The Labute approximate surface area is 143 Å². The Hall–Kier alpha value is -2.34. The van der Waals surface area contributed by atoms with Crippen LogP contribution in [0.4, 0.5) is 10.6 Å². The van der Waals surface area contributed by atoms with Crippen molar-refractivity contribution >= 4 is 11.8 Å². The van der Waals surface area contributed by atoms with Crippen molar-refractivity contribution < 1.29 is 4.79 Å². The zero-order chi connectivity index (χ0) is 17.4. The van der Waals surface area contributed by atoms with Gasteiger partial charge in [-0.3, -0.25) is 10.00 Å². The van der Waals surface area contributed by atoms with Crippen LogP contribution in [0.15, 0.2) is 36.4 Å². The molecule has 0 atom stereocenters. The minimum atomic E-state index is -0.216. The maximum Gasteiger partial charge on any atom is 0.320 e. The fraction of sp³-hybridized carbons (Fsp3) is 0.444. The van der Waals surface area contributed by atoms with E-state index in [1.165, 1.54) is 0 Å². The number of carbonyl (C=O) groups is 1. The van der Waals surface area contributed by atoms with Crippen molar-refractivity contribution in [3.63, 3.8) is 0 Å². The summed E-state index contributed by atoms with van der Waals surface area (Å²) in [6.45, 7) is 8.03. The number of rotatable bonds is 8. The van der Waals surface area contributed by atoms with Crippen molar-refractivity contribution in [3.8, 4) is 11.3 Å². The van der Waals surface area contributed by atoms with Gasteiger partial charge in [0.2, 0.25) is 0 Å². The maximum atomic E-state index is 12.0. The molecule has 24 heavy (non-hydrogen) atoms. The molecule has 2 rings (SSSR count). The zero-order valence-electron chi connectivity index (χ0n) is 14.7. The Bertz CT molecular complexity index is 634. The molecular weight excluding hydrogens is 302 g/mol. The molecule has 0 bridgehead atoms. The average molecular weight is 329 g/mol. The minimum Gasteiger partial charge on any atom is -0.338 e. The van der Waals surface area contributed by atoms with E-state index in [-0.39, 0.29) is 6.03 Å². The largest absolute Gasteiger partial charge is 0.338 e. The van der Waals surface area contributed by atoms with Gasteiger partial charge in [0.05, 0.1) is 5.69 Å². The second-order valence-electron chi connectivity index (χ2n) is 5.67. The number of amides is 2. The lowest BCUT2D eigenvalue weighted by Crippen LogP contribution is -2.32. The first-order chi connectivity index (χ1) is 11.6. The van der Waals surface area contributed by atoms with Crippen molar-refractivity contribution in [3.05, 3.63) is 36.4 Å². The molecule has 130 valence electrons. The smallest absolute Gasteiger partial charge is 0.320 e. The number of carbonyl (C=O) groups excluding carboxylic acids is 1. The molecule has 0 spiro atoms. The first-order valence-electron chi connectivity index (χ1n) is 8.50. The van der Waals surface area contributed by atoms with E-state index >= 15 is 0 Å². The Balaban J connectivity index is 1.82. The summed E-state index contributed by atoms with van der Waals surface area (Å²) < 4.78 is 1.77. The van der Waals surface area contributed by atoms with Crippen LogP contribution in [0.25, 0.3) is 11.3 Å². The first kappa shape index (κ1) is 18.0. The molecule has 0 saturated carbocycles. The summed E-state index contributed by atoms with van der Waals surface area (Å²) in [6.07, 6.45) is 0.937. The normalized spacial score (nSPS) is 10.8. The molecule has 1 aromatic heterocycles. The van der Waals surface area contributed by atoms with Crippen molar-refractivity contribution in [1.29, 1.82) is 0 Å². The fourth-order valence-corrected chi connectivity index (χ4v) is 2.61. The molecule has 6 heteroatoms. The summed E-state index contributed by atoms with van der Waals surface area (Å²) in [4.78, 5) is 14.3. The Kier molecular flexibility index (Phi) is 6.81. The predicted molar refractivity (Wildman–Crippen MR) is 98.1 cm³/mol. The standard InChI is InChI=1S/C18H27N5O/c1-4-23(5-2)13-9-12-19-18(24)20-17-14-16(22(3)21-17)15-10-7-6-8-11-15/h6-8,10-11,14H,4-5,9,12-13H2,1-3H3,(H2,19,20,21,24). The molecule has 2 amide bonds. The van der Waals surface area contributed by atoms with Crippen LogP contribution in [0.2, 0.25) is 0 Å². The van der Waals surface area contributed by atoms with Gasteiger partial charge in [0.1, 0.15) is 0 Å². The van der Waals surface area contributed by atoms with Crippen LogP contribution in [-0.4, -0.2) is 46.9 Å². The molecular formula is C18H27N5O. The predicted octanol–water partition coefficient (Wildman–Crippen LogP) is 2.94. The fourth-order valence-electron chi connectivity index (χ4n) is 2.61. The molecule has 1 aromatic carbocycles. The third-order valence-corrected chi connectivity index (χ3v) is 4.02. The number of urea groups is 1. The summed E-state index contributed by atoms with van der Waals surface area (Å²) in [5.74, 6) is 0.553. The lowest BCUT2D eigenvalue weighted by atomic mass is 10.1. The molecule has 0 unspecified atom stereocenters. The van der Waals surface area contributed by atoms with Gasteiger partial charge in [-0.05, 0) is 31.6 Å². The van der Waals surface area contributed by atoms with Gasteiger partial charge in [0.25, 0.3) is 0 Å². The van der Waals surface area contributed by atoms with Crippen molar-refractivity contribution in [2.75, 3.05) is 31.5 Å². The molecule has 0 fully saturated rings. The Morgan fingerprint density at radius 3 is 2.58 bits per heavy atom. The van der Waals surface area contributed by atoms with Gasteiger partial charge in [-0.15, -0.1) is 0 Å². The van der Waals surface area contributed by atoms with Crippen LogP contribution in [0.5, 0.6) is 0 Å². The van der Waals surface area contributed by atoms with Gasteiger partial charge in [-0.1, -0.05) is 44.2 Å². The monoisotopic (exact) mass is 329 g/mol. The van der Waals surface area contributed by atoms with Gasteiger partial charge in [-0.25, -0.2) is 4.79 Å². The quantitative estimate of drug-likeness (QED) is 0.732. The van der Waals surface area contributed by atoms with Gasteiger partial charge in [0.15, 0.2) is 5.82 Å². The zero-order valence-corrected chi connectivity index (χ0v) is 14.7. The maximum absolute atomic E-state index is 12.0. The topological polar surface area (TPSA) is 62.2 Å². The molecule has 0 aliphatic carbocycles. The van der Waals surface area contributed by atoms with Crippen LogP contribution < -0.4 is 10.6 Å². The van der Waals surface area contributed by atoms with Crippen LogP contribution in [0.3, 0.4) is 0 Å². The highest BCUT2D eigenvalue weighted by Gasteiger charge is 2.09. The molecule has 2 aromatic rings. The lowest BCUT2D eigenvalue weighted by Gasteiger charge is -2.17. The van der Waals surface area contributed by atoms with Crippen LogP contribution >= 0.6 is 0 Å². The summed E-state index contributed by atoms with van der Waals surface area (Å²) >= 11 is 0. The molecule has 0 saturated heterocycles. The van der Waals surface area contributed by atoms with Crippen molar-refractivity contribution in [2.24, 2.45) is 7.05 Å². The molecule has 0 aliphatic rings. The number of hydrogen-bond donors (Lipinski definition) is 2. The summed E-state index contributed by atoms with van der Waals surface area (Å²) in [5.41, 5.74) is 2.03. The van der Waals surface area contributed by atoms with E-state index in [9.17, 15) is 4.79 Å². The number of nitrogens with zero attached hydrogens (tertiary/aromatic N) is 3. The van der Waals surface area contributed by atoms with Crippen molar-refractivity contribution in [1.82, 2.24) is 20.0 Å². The Morgan fingerprint density at radius 1 is 1.21 bits per heavy atom. The van der Waals surface area contributed by atoms with Gasteiger partial charge >= 0.3 is 6.03 Å².